The number of phenolic OH excluding ortho intramolecular Hbond substituents is 1. The molecule has 0 saturated carbocycles. The van der Waals surface area contributed by atoms with E-state index in [9.17, 15) is 35.4 Å². The number of non-ortho nitro benzene ring substituents is 1. The molecule has 1 unspecified atom stereocenters. The lowest BCUT2D eigenvalue weighted by Crippen LogP contribution is -2.31. The summed E-state index contributed by atoms with van der Waals surface area (Å²) in [6.07, 6.45) is 12.1. The number of nitro groups is 3. The number of aromatic hydroxyl groups is 1. The van der Waals surface area contributed by atoms with Gasteiger partial charge in [0, 0.05) is 6.54 Å². The smallest absolute Gasteiger partial charge is 0.324 e. The van der Waals surface area contributed by atoms with E-state index in [1.165, 1.54) is 79.7 Å². The summed E-state index contributed by atoms with van der Waals surface area (Å²) in [4.78, 5) is 30.3. The number of unbranched alkanes of at least 4 members (excludes halogenated alkanes) is 4. The Morgan fingerprint density at radius 3 is 1.86 bits per heavy atom. The maximum Gasteiger partial charge on any atom is 0.324 e. The quantitative estimate of drug-likeness (QED) is 0.106. The second-order valence-corrected chi connectivity index (χ2v) is 11.2. The largest absolute Gasteiger partial charge is 0.497 e. The first-order valence-corrected chi connectivity index (χ1v) is 15.3. The number of rotatable bonds is 14. The lowest BCUT2D eigenvalue weighted by molar-refractivity contribution is -0.404. The van der Waals surface area contributed by atoms with Gasteiger partial charge in [0.25, 0.3) is 11.4 Å². The number of phenols is 1. The minimum atomic E-state index is -1.21. The number of aliphatic hydroxyl groups excluding tert-OH is 1. The summed E-state index contributed by atoms with van der Waals surface area (Å²) < 4.78 is 0. The number of aliphatic hydroxyl groups is 1. The van der Waals surface area contributed by atoms with Gasteiger partial charge in [0.05, 0.1) is 33.0 Å². The first-order valence-electron chi connectivity index (χ1n) is 15.3. The highest BCUT2D eigenvalue weighted by molar-refractivity contribution is 5.90. The number of nitrogens with zero attached hydrogens (tertiary/aromatic N) is 4. The molecule has 0 spiro atoms. The van der Waals surface area contributed by atoms with Crippen molar-refractivity contribution in [2.45, 2.75) is 84.2 Å². The van der Waals surface area contributed by atoms with Crippen LogP contribution < -0.4 is 0 Å². The summed E-state index contributed by atoms with van der Waals surface area (Å²) in [5.41, 5.74) is 1.15. The minimum Gasteiger partial charge on any atom is -0.497 e. The molecule has 12 heteroatoms. The highest BCUT2D eigenvalue weighted by atomic mass is 16.6. The van der Waals surface area contributed by atoms with Gasteiger partial charge in [0.1, 0.15) is 0 Å². The molecule has 0 saturated heterocycles. The minimum absolute atomic E-state index is 0.402. The normalized spacial score (nSPS) is 13.2. The summed E-state index contributed by atoms with van der Waals surface area (Å²) in [5.74, 6) is -1.21. The van der Waals surface area contributed by atoms with Crippen LogP contribution in [-0.2, 0) is 12.8 Å². The summed E-state index contributed by atoms with van der Waals surface area (Å²) in [6, 6.07) is 12.0. The van der Waals surface area contributed by atoms with Crippen LogP contribution in [0.15, 0.2) is 42.5 Å². The topological polar surface area (TPSA) is 173 Å². The molecular weight excluding hydrogens is 568 g/mol. The van der Waals surface area contributed by atoms with Crippen molar-refractivity contribution in [3.05, 3.63) is 89.5 Å². The van der Waals surface area contributed by atoms with Gasteiger partial charge in [0.15, 0.2) is 0 Å². The molecule has 44 heavy (non-hydrogen) atoms. The summed E-state index contributed by atoms with van der Waals surface area (Å²) in [5, 5.41) is 54.1. The van der Waals surface area contributed by atoms with E-state index in [-0.39, 0.29) is 0 Å². The van der Waals surface area contributed by atoms with Gasteiger partial charge in [0.2, 0.25) is 0 Å². The maximum atomic E-state index is 11.3. The average Bonchev–Trinajstić information content (AvgIpc) is 3.00. The summed E-state index contributed by atoms with van der Waals surface area (Å²) >= 11 is 0. The molecule has 0 bridgehead atoms. The first kappa shape index (κ1) is 34.3. The molecular formula is C32H42N4O8. The van der Waals surface area contributed by atoms with Gasteiger partial charge in [-0.25, -0.2) is 0 Å². The van der Waals surface area contributed by atoms with Crippen molar-refractivity contribution >= 4 is 27.8 Å². The van der Waals surface area contributed by atoms with Crippen molar-refractivity contribution in [1.29, 1.82) is 0 Å². The average molecular weight is 611 g/mol. The van der Waals surface area contributed by atoms with Crippen molar-refractivity contribution in [2.24, 2.45) is 0 Å². The van der Waals surface area contributed by atoms with Crippen molar-refractivity contribution in [2.75, 3.05) is 19.6 Å². The second kappa shape index (κ2) is 16.6. The molecule has 0 aliphatic heterocycles. The highest BCUT2D eigenvalue weighted by Crippen LogP contribution is 2.39. The molecule has 0 amide bonds. The summed E-state index contributed by atoms with van der Waals surface area (Å²) in [7, 11) is 0. The highest BCUT2D eigenvalue weighted by Gasteiger charge is 2.30. The van der Waals surface area contributed by atoms with E-state index in [0.29, 0.717) is 12.1 Å². The van der Waals surface area contributed by atoms with Crippen LogP contribution in [0.5, 0.6) is 5.75 Å². The number of fused-ring (bicyclic) bond motifs is 3. The van der Waals surface area contributed by atoms with Crippen molar-refractivity contribution in [1.82, 2.24) is 4.90 Å². The number of benzene rings is 3. The van der Waals surface area contributed by atoms with Gasteiger partial charge in [-0.3, -0.25) is 30.3 Å². The lowest BCUT2D eigenvalue weighted by Gasteiger charge is -2.27. The van der Waals surface area contributed by atoms with Crippen molar-refractivity contribution in [3.63, 3.8) is 0 Å². The first-order chi connectivity index (χ1) is 21.1. The third-order valence-corrected chi connectivity index (χ3v) is 8.01. The Morgan fingerprint density at radius 1 is 0.795 bits per heavy atom. The van der Waals surface area contributed by atoms with E-state index in [4.69, 9.17) is 5.11 Å². The molecule has 1 atom stereocenters. The monoisotopic (exact) mass is 610 g/mol. The van der Waals surface area contributed by atoms with E-state index in [1.54, 1.807) is 0 Å². The van der Waals surface area contributed by atoms with Crippen LogP contribution in [0.2, 0.25) is 0 Å². The van der Waals surface area contributed by atoms with Crippen LogP contribution in [-0.4, -0.2) is 49.5 Å². The number of hydrogen-bond donors (Lipinski definition) is 2. The van der Waals surface area contributed by atoms with E-state index in [2.05, 4.69) is 49.1 Å². The second-order valence-electron chi connectivity index (χ2n) is 11.2. The zero-order valence-electron chi connectivity index (χ0n) is 25.4. The molecule has 0 aromatic heterocycles. The molecule has 0 radical (unpaired) electrons. The SMILES string of the molecule is CCCCCN(CCCCC)CC(O)c1cc2c(c3ccccc13)CCCC2.O=[N+]([O-])c1cc([N+](=O)[O-])c(O)c([N+](=O)[O-])c1. The van der Waals surface area contributed by atoms with Crippen LogP contribution in [0.3, 0.4) is 0 Å². The van der Waals surface area contributed by atoms with Gasteiger partial charge >= 0.3 is 11.4 Å². The Hall–Kier alpha value is -4.16. The number of nitro benzene ring substituents is 3. The van der Waals surface area contributed by atoms with E-state index >= 15 is 0 Å². The zero-order valence-corrected chi connectivity index (χ0v) is 25.4. The maximum absolute atomic E-state index is 11.3. The number of hydrogen-bond acceptors (Lipinski definition) is 9. The zero-order chi connectivity index (χ0) is 32.2. The van der Waals surface area contributed by atoms with Gasteiger partial charge < -0.3 is 15.1 Å². The van der Waals surface area contributed by atoms with Crippen molar-refractivity contribution < 1.29 is 25.0 Å². The molecule has 4 rings (SSSR count). The van der Waals surface area contributed by atoms with E-state index < -0.39 is 43.7 Å². The van der Waals surface area contributed by atoms with Crippen LogP contribution in [0, 0.1) is 30.3 Å². The fourth-order valence-corrected chi connectivity index (χ4v) is 5.72. The number of aryl methyl sites for hydroxylation is 2. The fraction of sp³-hybridized carbons (Fsp3) is 0.500. The molecule has 3 aromatic carbocycles. The molecule has 2 N–H and O–H groups in total. The standard InChI is InChI=1S/C26H39NO.C6H3N3O7/c1-3-5-11-17-27(18-12-6-4-2)20-26(28)25-19-21-13-7-8-14-22(21)23-15-9-10-16-24(23)25;10-6-4(8(13)14)1-3(7(11)12)2-5(6)9(15)16/h9-10,15-16,19,26,28H,3-8,11-14,17-18,20H2,1-2H3;1-2,10H. The molecule has 0 heterocycles. The molecule has 12 nitrogen and oxygen atoms in total. The molecule has 238 valence electrons. The Kier molecular flexibility index (Phi) is 13.0. The van der Waals surface area contributed by atoms with Crippen LogP contribution in [0.25, 0.3) is 10.8 Å². The Morgan fingerprint density at radius 2 is 1.34 bits per heavy atom. The van der Waals surface area contributed by atoms with Gasteiger partial charge in [-0.15, -0.1) is 0 Å². The Balaban J connectivity index is 0.000000281. The van der Waals surface area contributed by atoms with Gasteiger partial charge in [-0.1, -0.05) is 69.9 Å². The van der Waals surface area contributed by atoms with Crippen molar-refractivity contribution in [3.8, 4) is 5.75 Å². The van der Waals surface area contributed by atoms with Gasteiger partial charge in [-0.05, 0) is 79.1 Å². The predicted octanol–water partition coefficient (Wildman–Crippen LogP) is 7.55. The van der Waals surface area contributed by atoms with Gasteiger partial charge in [-0.2, -0.15) is 0 Å². The molecule has 1 aliphatic rings. The molecule has 3 aromatic rings. The lowest BCUT2D eigenvalue weighted by atomic mass is 9.84. The molecule has 0 fully saturated rings. The third kappa shape index (κ3) is 8.93. The van der Waals surface area contributed by atoms with Crippen LogP contribution in [0.1, 0.15) is 88.0 Å². The van der Waals surface area contributed by atoms with E-state index in [1.807, 2.05) is 0 Å². The van der Waals surface area contributed by atoms with E-state index in [0.717, 1.165) is 31.6 Å². The Labute approximate surface area is 256 Å². The third-order valence-electron chi connectivity index (χ3n) is 8.01. The summed E-state index contributed by atoms with van der Waals surface area (Å²) in [6.45, 7) is 7.50. The van der Waals surface area contributed by atoms with Crippen LogP contribution in [0.4, 0.5) is 17.1 Å². The fourth-order valence-electron chi connectivity index (χ4n) is 5.72. The Bertz CT molecular complexity index is 1420. The molecule has 1 aliphatic carbocycles. The van der Waals surface area contributed by atoms with Crippen LogP contribution >= 0.6 is 0 Å². The predicted molar refractivity (Wildman–Crippen MR) is 169 cm³/mol.